The molecule has 0 aliphatic rings. The molecule has 0 atom stereocenters. The zero-order chi connectivity index (χ0) is 19.9. The molecule has 1 heterocycles. The van der Waals surface area contributed by atoms with Crippen molar-refractivity contribution in [1.29, 1.82) is 0 Å². The number of aromatic nitrogens is 4. The van der Waals surface area contributed by atoms with E-state index < -0.39 is 5.97 Å². The molecular formula is C18H17N5O4S. The molecule has 0 aliphatic carbocycles. The van der Waals surface area contributed by atoms with Crippen molar-refractivity contribution in [3.63, 3.8) is 0 Å². The number of tetrazole rings is 1. The van der Waals surface area contributed by atoms with Crippen molar-refractivity contribution in [3.05, 3.63) is 54.1 Å². The molecule has 10 heteroatoms. The number of amides is 1. The van der Waals surface area contributed by atoms with Crippen LogP contribution in [0.25, 0.3) is 5.69 Å². The van der Waals surface area contributed by atoms with Crippen molar-refractivity contribution in [1.82, 2.24) is 20.2 Å². The summed E-state index contributed by atoms with van der Waals surface area (Å²) < 4.78 is 7.12. The lowest BCUT2D eigenvalue weighted by atomic mass is 10.2. The predicted molar refractivity (Wildman–Crippen MR) is 103 cm³/mol. The highest BCUT2D eigenvalue weighted by Crippen LogP contribution is 2.26. The van der Waals surface area contributed by atoms with Gasteiger partial charge in [-0.15, -0.1) is 5.10 Å². The SMILES string of the molecule is CCOc1ccccc1-n1nnnc1SCC(=O)Nc1ccc(C(=O)O)cc1. The lowest BCUT2D eigenvalue weighted by molar-refractivity contribution is -0.113. The summed E-state index contributed by atoms with van der Waals surface area (Å²) in [5.41, 5.74) is 1.35. The lowest BCUT2D eigenvalue weighted by Crippen LogP contribution is -2.14. The van der Waals surface area contributed by atoms with E-state index >= 15 is 0 Å². The highest BCUT2D eigenvalue weighted by atomic mass is 32.2. The van der Waals surface area contributed by atoms with Gasteiger partial charge in [-0.3, -0.25) is 4.79 Å². The van der Waals surface area contributed by atoms with Crippen molar-refractivity contribution < 1.29 is 19.4 Å². The number of nitrogens with zero attached hydrogens (tertiary/aromatic N) is 4. The van der Waals surface area contributed by atoms with Crippen LogP contribution in [0, 0.1) is 0 Å². The zero-order valence-corrected chi connectivity index (χ0v) is 15.7. The van der Waals surface area contributed by atoms with E-state index in [0.29, 0.717) is 28.9 Å². The van der Waals surface area contributed by atoms with Gasteiger partial charge in [0.25, 0.3) is 0 Å². The summed E-state index contributed by atoms with van der Waals surface area (Å²) in [5.74, 6) is -0.562. The van der Waals surface area contributed by atoms with Crippen molar-refractivity contribution in [3.8, 4) is 11.4 Å². The number of carbonyl (C=O) groups is 2. The van der Waals surface area contributed by atoms with Crippen LogP contribution in [0.4, 0.5) is 5.69 Å². The molecule has 0 spiro atoms. The molecule has 0 bridgehead atoms. The summed E-state index contributed by atoms with van der Waals surface area (Å²) >= 11 is 1.18. The van der Waals surface area contributed by atoms with Gasteiger partial charge in [-0.1, -0.05) is 23.9 Å². The standard InChI is InChI=1S/C18H17N5O4S/c1-2-27-15-6-4-3-5-14(15)23-18(20-21-22-23)28-11-16(24)19-13-9-7-12(8-10-13)17(25)26/h3-10H,2,11H2,1H3,(H,19,24)(H,25,26). The fraction of sp³-hybridized carbons (Fsp3) is 0.167. The largest absolute Gasteiger partial charge is 0.492 e. The molecule has 3 aromatic rings. The zero-order valence-electron chi connectivity index (χ0n) is 14.9. The Labute approximate surface area is 164 Å². The molecule has 0 radical (unpaired) electrons. The number of para-hydroxylation sites is 2. The smallest absolute Gasteiger partial charge is 0.335 e. The number of carboxylic acids is 1. The van der Waals surface area contributed by atoms with E-state index in [9.17, 15) is 9.59 Å². The van der Waals surface area contributed by atoms with Crippen LogP contribution in [0.1, 0.15) is 17.3 Å². The molecule has 9 nitrogen and oxygen atoms in total. The van der Waals surface area contributed by atoms with Gasteiger partial charge >= 0.3 is 5.97 Å². The average molecular weight is 399 g/mol. The summed E-state index contributed by atoms with van der Waals surface area (Å²) in [6.07, 6.45) is 0. The molecule has 3 rings (SSSR count). The topological polar surface area (TPSA) is 119 Å². The second-order valence-corrected chi connectivity index (χ2v) is 6.44. The molecule has 28 heavy (non-hydrogen) atoms. The van der Waals surface area contributed by atoms with Gasteiger partial charge in [0.15, 0.2) is 0 Å². The molecule has 2 N–H and O–H groups in total. The Balaban J connectivity index is 1.65. The summed E-state index contributed by atoms with van der Waals surface area (Å²) in [5, 5.41) is 23.7. The molecular weight excluding hydrogens is 382 g/mol. The number of nitrogens with one attached hydrogen (secondary N) is 1. The van der Waals surface area contributed by atoms with Gasteiger partial charge < -0.3 is 15.2 Å². The number of anilines is 1. The van der Waals surface area contributed by atoms with Crippen LogP contribution >= 0.6 is 11.8 Å². The molecule has 144 valence electrons. The van der Waals surface area contributed by atoms with Gasteiger partial charge in [-0.25, -0.2) is 4.79 Å². The fourth-order valence-electron chi connectivity index (χ4n) is 2.35. The van der Waals surface area contributed by atoms with Crippen molar-refractivity contribution in [2.24, 2.45) is 0 Å². The van der Waals surface area contributed by atoms with Gasteiger partial charge in [0.1, 0.15) is 11.4 Å². The maximum atomic E-state index is 12.2. The van der Waals surface area contributed by atoms with Gasteiger partial charge in [0, 0.05) is 5.69 Å². The van der Waals surface area contributed by atoms with Crippen LogP contribution in [-0.4, -0.2) is 49.6 Å². The molecule has 1 aromatic heterocycles. The number of benzene rings is 2. The first-order valence-corrected chi connectivity index (χ1v) is 9.33. The first kappa shape index (κ1) is 19.4. The van der Waals surface area contributed by atoms with Crippen LogP contribution in [-0.2, 0) is 4.79 Å². The third-order valence-electron chi connectivity index (χ3n) is 3.58. The quantitative estimate of drug-likeness (QED) is 0.555. The van der Waals surface area contributed by atoms with Crippen LogP contribution in [0.5, 0.6) is 5.75 Å². The number of aromatic carboxylic acids is 1. The monoisotopic (exact) mass is 399 g/mol. The Morgan fingerprint density at radius 2 is 1.93 bits per heavy atom. The molecule has 0 saturated carbocycles. The number of thioether (sulfide) groups is 1. The number of hydrogen-bond acceptors (Lipinski definition) is 7. The van der Waals surface area contributed by atoms with Crippen LogP contribution < -0.4 is 10.1 Å². The highest BCUT2D eigenvalue weighted by molar-refractivity contribution is 7.99. The van der Waals surface area contributed by atoms with E-state index in [1.165, 1.54) is 40.7 Å². The van der Waals surface area contributed by atoms with E-state index in [2.05, 4.69) is 20.8 Å². The highest BCUT2D eigenvalue weighted by Gasteiger charge is 2.15. The lowest BCUT2D eigenvalue weighted by Gasteiger charge is -2.10. The number of carbonyl (C=O) groups excluding carboxylic acids is 1. The van der Waals surface area contributed by atoms with E-state index in [4.69, 9.17) is 9.84 Å². The third-order valence-corrected chi connectivity index (χ3v) is 4.50. The summed E-state index contributed by atoms with van der Waals surface area (Å²) in [7, 11) is 0. The molecule has 0 fully saturated rings. The van der Waals surface area contributed by atoms with Crippen LogP contribution in [0.2, 0.25) is 0 Å². The van der Waals surface area contributed by atoms with E-state index in [0.717, 1.165) is 0 Å². The molecule has 0 aliphatic heterocycles. The number of ether oxygens (including phenoxy) is 1. The van der Waals surface area contributed by atoms with Crippen molar-refractivity contribution in [2.45, 2.75) is 12.1 Å². The molecule has 1 amide bonds. The van der Waals surface area contributed by atoms with Crippen LogP contribution in [0.15, 0.2) is 53.7 Å². The number of hydrogen-bond donors (Lipinski definition) is 2. The predicted octanol–water partition coefficient (Wildman–Crippen LogP) is 2.49. The van der Waals surface area contributed by atoms with Gasteiger partial charge in [-0.2, -0.15) is 4.68 Å². The first-order chi connectivity index (χ1) is 13.6. The van der Waals surface area contributed by atoms with Crippen molar-refractivity contribution >= 4 is 29.3 Å². The second kappa shape index (κ2) is 9.00. The summed E-state index contributed by atoms with van der Waals surface area (Å²) in [6, 6.07) is 13.3. The Kier molecular flexibility index (Phi) is 6.22. The number of carboxylic acid groups (broad SMARTS) is 1. The van der Waals surface area contributed by atoms with Gasteiger partial charge in [0.05, 0.1) is 17.9 Å². The van der Waals surface area contributed by atoms with Gasteiger partial charge in [-0.05, 0) is 53.7 Å². The first-order valence-electron chi connectivity index (χ1n) is 8.35. The molecule has 0 unspecified atom stereocenters. The van der Waals surface area contributed by atoms with Crippen molar-refractivity contribution in [2.75, 3.05) is 17.7 Å². The normalized spacial score (nSPS) is 10.5. The van der Waals surface area contributed by atoms with E-state index in [1.54, 1.807) is 0 Å². The minimum atomic E-state index is -1.02. The summed E-state index contributed by atoms with van der Waals surface area (Å²) in [6.45, 7) is 2.39. The van der Waals surface area contributed by atoms with Crippen LogP contribution in [0.3, 0.4) is 0 Å². The maximum Gasteiger partial charge on any atom is 0.335 e. The summed E-state index contributed by atoms with van der Waals surface area (Å²) in [4.78, 5) is 23.1. The number of rotatable bonds is 8. The Morgan fingerprint density at radius 3 is 2.64 bits per heavy atom. The fourth-order valence-corrected chi connectivity index (χ4v) is 3.04. The van der Waals surface area contributed by atoms with E-state index in [-0.39, 0.29) is 17.2 Å². The third kappa shape index (κ3) is 4.65. The molecule has 2 aromatic carbocycles. The van der Waals surface area contributed by atoms with Gasteiger partial charge in [0.2, 0.25) is 11.1 Å². The molecule has 0 saturated heterocycles. The Bertz CT molecular complexity index is 974. The maximum absolute atomic E-state index is 12.2. The second-order valence-electron chi connectivity index (χ2n) is 5.49. The Hall–Kier alpha value is -3.40. The minimum Gasteiger partial charge on any atom is -0.492 e. The minimum absolute atomic E-state index is 0.0812. The average Bonchev–Trinajstić information content (AvgIpc) is 3.16. The Morgan fingerprint density at radius 1 is 1.18 bits per heavy atom. The van der Waals surface area contributed by atoms with E-state index in [1.807, 2.05) is 31.2 Å².